The average molecular weight is 589 g/mol. The van der Waals surface area contributed by atoms with Gasteiger partial charge in [-0.25, -0.2) is 9.59 Å². The summed E-state index contributed by atoms with van der Waals surface area (Å²) >= 11 is 0. The molecule has 0 fully saturated rings. The van der Waals surface area contributed by atoms with Crippen LogP contribution in [0.15, 0.2) is 121 Å². The van der Waals surface area contributed by atoms with Crippen LogP contribution in [0.2, 0.25) is 0 Å². The number of carbonyl (C=O) groups excluding carboxylic acids is 2. The van der Waals surface area contributed by atoms with Gasteiger partial charge in [0.2, 0.25) is 5.41 Å². The Morgan fingerprint density at radius 1 is 0.714 bits per heavy atom. The van der Waals surface area contributed by atoms with Gasteiger partial charge in [0.25, 0.3) is 0 Å². The van der Waals surface area contributed by atoms with Crippen molar-refractivity contribution < 1.29 is 45.4 Å². The van der Waals surface area contributed by atoms with Crippen molar-refractivity contribution in [1.82, 2.24) is 0 Å². The minimum atomic E-state index is -5.87. The number of rotatable bonds is 10. The molecular weight excluding hydrogens is 562 g/mol. The highest BCUT2D eigenvalue weighted by molar-refractivity contribution is 5.91. The highest BCUT2D eigenvalue weighted by Crippen LogP contribution is 2.56. The summed E-state index contributed by atoms with van der Waals surface area (Å²) in [5.74, 6) is -1.94. The van der Waals surface area contributed by atoms with Gasteiger partial charge in [-0.3, -0.25) is 0 Å². The smallest absolute Gasteiger partial charge is 0.411 e. The van der Waals surface area contributed by atoms with Crippen LogP contribution in [0.3, 0.4) is 0 Å². The Bertz CT molecular complexity index is 1420. The van der Waals surface area contributed by atoms with Gasteiger partial charge in [0.1, 0.15) is 13.2 Å². The third-order valence-electron chi connectivity index (χ3n) is 6.30. The zero-order valence-corrected chi connectivity index (χ0v) is 22.3. The second kappa shape index (κ2) is 13.4. The third-order valence-corrected chi connectivity index (χ3v) is 6.30. The maximum atomic E-state index is 14.6. The molecule has 0 aliphatic carbocycles. The molecule has 4 nitrogen and oxygen atoms in total. The fourth-order valence-electron chi connectivity index (χ4n) is 4.16. The lowest BCUT2D eigenvalue weighted by atomic mass is 9.71. The van der Waals surface area contributed by atoms with Crippen LogP contribution in [-0.4, -0.2) is 24.3 Å². The molecule has 42 heavy (non-hydrogen) atoms. The summed E-state index contributed by atoms with van der Waals surface area (Å²) < 4.78 is 97.5. The molecule has 0 unspecified atom stereocenters. The van der Waals surface area contributed by atoms with E-state index >= 15 is 0 Å². The monoisotopic (exact) mass is 588 g/mol. The number of halogens is 6. The van der Waals surface area contributed by atoms with Crippen LogP contribution >= 0.6 is 0 Å². The molecule has 0 bridgehead atoms. The molecule has 10 heteroatoms. The Morgan fingerprint density at radius 3 is 1.64 bits per heavy atom. The second-order valence-corrected chi connectivity index (χ2v) is 9.05. The highest BCUT2D eigenvalue weighted by atomic mass is 19.4. The lowest BCUT2D eigenvalue weighted by Gasteiger charge is -2.39. The van der Waals surface area contributed by atoms with Gasteiger partial charge in [0.15, 0.2) is 0 Å². The van der Waals surface area contributed by atoms with Crippen LogP contribution in [0.25, 0.3) is 0 Å². The van der Waals surface area contributed by atoms with Crippen molar-refractivity contribution in [2.24, 2.45) is 0 Å². The molecular formula is C32H26F6O4. The molecule has 0 spiro atoms. The topological polar surface area (TPSA) is 52.6 Å². The molecule has 3 aromatic rings. The van der Waals surface area contributed by atoms with E-state index in [1.54, 1.807) is 60.7 Å². The molecule has 3 rings (SSSR count). The SMILES string of the molecule is C=C(/C=C\C(=C/C)C(c1ccc(C(=O)OCc2ccccc2)cc1)(C(F)(F)F)C(F)(F)F)C(=O)OCc1ccccc1. The van der Waals surface area contributed by atoms with Crippen LogP contribution in [0.5, 0.6) is 0 Å². The van der Waals surface area contributed by atoms with Crippen LogP contribution in [0, 0.1) is 0 Å². The largest absolute Gasteiger partial charge is 0.457 e. The van der Waals surface area contributed by atoms with Crippen LogP contribution in [-0.2, 0) is 32.9 Å². The van der Waals surface area contributed by atoms with E-state index in [1.165, 1.54) is 0 Å². The highest BCUT2D eigenvalue weighted by Gasteiger charge is 2.72. The van der Waals surface area contributed by atoms with Gasteiger partial charge in [0.05, 0.1) is 11.1 Å². The number of alkyl halides is 6. The molecule has 0 aliphatic heterocycles. The van der Waals surface area contributed by atoms with E-state index in [1.807, 2.05) is 0 Å². The predicted molar refractivity (Wildman–Crippen MR) is 144 cm³/mol. The van der Waals surface area contributed by atoms with E-state index < -0.39 is 46.4 Å². The van der Waals surface area contributed by atoms with Crippen molar-refractivity contribution in [3.05, 3.63) is 143 Å². The van der Waals surface area contributed by atoms with Crippen molar-refractivity contribution in [3.63, 3.8) is 0 Å². The van der Waals surface area contributed by atoms with Gasteiger partial charge in [-0.15, -0.1) is 0 Å². The summed E-state index contributed by atoms with van der Waals surface area (Å²) in [6.07, 6.45) is -9.81. The molecule has 3 aromatic carbocycles. The first-order valence-corrected chi connectivity index (χ1v) is 12.5. The number of allylic oxidation sites excluding steroid dienone is 3. The van der Waals surface area contributed by atoms with E-state index in [-0.39, 0.29) is 18.8 Å². The molecule has 0 radical (unpaired) electrons. The first kappa shape index (κ1) is 31.9. The lowest BCUT2D eigenvalue weighted by Crippen LogP contribution is -2.55. The fourth-order valence-corrected chi connectivity index (χ4v) is 4.16. The Labute approximate surface area is 238 Å². The maximum Gasteiger partial charge on any atom is 0.411 e. The van der Waals surface area contributed by atoms with E-state index in [9.17, 15) is 35.9 Å². The molecule has 0 saturated heterocycles. The number of carbonyl (C=O) groups is 2. The van der Waals surface area contributed by atoms with E-state index in [4.69, 9.17) is 9.47 Å². The normalized spacial score (nSPS) is 12.7. The fraction of sp³-hybridized carbons (Fsp3) is 0.188. The minimum absolute atomic E-state index is 0.137. The molecule has 0 atom stereocenters. The van der Waals surface area contributed by atoms with E-state index in [0.29, 0.717) is 35.4 Å². The summed E-state index contributed by atoms with van der Waals surface area (Å²) in [6.45, 7) is 4.13. The first-order valence-electron chi connectivity index (χ1n) is 12.5. The van der Waals surface area contributed by atoms with Crippen LogP contribution < -0.4 is 0 Å². The Balaban J connectivity index is 1.89. The predicted octanol–water partition coefficient (Wildman–Crippen LogP) is 8.21. The van der Waals surface area contributed by atoms with Gasteiger partial charge in [-0.05, 0) is 47.4 Å². The summed E-state index contributed by atoms with van der Waals surface area (Å²) in [5.41, 5.74) is -6.31. The molecule has 0 aromatic heterocycles. The quantitative estimate of drug-likeness (QED) is 0.104. The number of benzene rings is 3. The van der Waals surface area contributed by atoms with Gasteiger partial charge in [-0.2, -0.15) is 26.3 Å². The zero-order chi connectivity index (χ0) is 31.0. The third kappa shape index (κ3) is 7.18. The molecule has 0 heterocycles. The van der Waals surface area contributed by atoms with E-state index in [0.717, 1.165) is 25.1 Å². The van der Waals surface area contributed by atoms with Crippen molar-refractivity contribution >= 4 is 11.9 Å². The second-order valence-electron chi connectivity index (χ2n) is 9.05. The van der Waals surface area contributed by atoms with Gasteiger partial charge in [-0.1, -0.05) is 91.5 Å². The van der Waals surface area contributed by atoms with Crippen molar-refractivity contribution in [1.29, 1.82) is 0 Å². The van der Waals surface area contributed by atoms with Gasteiger partial charge in [0, 0.05) is 0 Å². The summed E-state index contributed by atoms with van der Waals surface area (Å²) in [4.78, 5) is 24.7. The molecule has 0 aliphatic rings. The number of ether oxygens (including phenoxy) is 2. The Morgan fingerprint density at radius 2 is 1.19 bits per heavy atom. The first-order chi connectivity index (χ1) is 19.8. The Hall–Kier alpha value is -4.60. The summed E-state index contributed by atoms with van der Waals surface area (Å²) in [6, 6.07) is 19.8. The van der Waals surface area contributed by atoms with Gasteiger partial charge < -0.3 is 9.47 Å². The van der Waals surface area contributed by atoms with Crippen molar-refractivity contribution in [2.75, 3.05) is 0 Å². The Kier molecular flexibility index (Phi) is 10.2. The van der Waals surface area contributed by atoms with Gasteiger partial charge >= 0.3 is 24.3 Å². The molecule has 0 amide bonds. The molecule has 220 valence electrons. The van der Waals surface area contributed by atoms with Crippen LogP contribution in [0.1, 0.15) is 34.0 Å². The lowest BCUT2D eigenvalue weighted by molar-refractivity contribution is -0.289. The molecule has 0 saturated carbocycles. The van der Waals surface area contributed by atoms with E-state index in [2.05, 4.69) is 6.58 Å². The summed E-state index contributed by atoms with van der Waals surface area (Å²) in [7, 11) is 0. The maximum absolute atomic E-state index is 14.6. The number of hydrogen-bond donors (Lipinski definition) is 0. The summed E-state index contributed by atoms with van der Waals surface area (Å²) in [5, 5.41) is 0. The molecule has 0 N–H and O–H groups in total. The van der Waals surface area contributed by atoms with Crippen molar-refractivity contribution in [2.45, 2.75) is 37.9 Å². The number of hydrogen-bond acceptors (Lipinski definition) is 4. The average Bonchev–Trinajstić information content (AvgIpc) is 2.96. The minimum Gasteiger partial charge on any atom is -0.457 e. The standard InChI is InChI=1S/C32H26F6O4/c1-3-26(17-14-22(2)28(39)41-20-23-10-6-4-7-11-23)30(31(33,34)35,32(36,37)38)27-18-15-25(16-19-27)29(40)42-21-24-12-8-5-9-13-24/h3-19H,2,20-21H2,1H3/b17-14-,26-3+. The zero-order valence-electron chi connectivity index (χ0n) is 22.3. The number of esters is 2. The van der Waals surface area contributed by atoms with Crippen molar-refractivity contribution in [3.8, 4) is 0 Å². The van der Waals surface area contributed by atoms with Crippen LogP contribution in [0.4, 0.5) is 26.3 Å².